The minimum atomic E-state index is -4.05. The van der Waals surface area contributed by atoms with E-state index in [4.69, 9.17) is 37.5 Å². The summed E-state index contributed by atoms with van der Waals surface area (Å²) in [6.07, 6.45) is 0. The molecule has 2 aromatic carbocycles. The Labute approximate surface area is 175 Å². The van der Waals surface area contributed by atoms with Crippen molar-refractivity contribution in [3.8, 4) is 11.5 Å². The Morgan fingerprint density at radius 2 is 1.89 bits per heavy atom. The summed E-state index contributed by atoms with van der Waals surface area (Å²) in [6, 6.07) is 11.1. The third-order valence-corrected chi connectivity index (χ3v) is 6.09. The lowest BCUT2D eigenvalue weighted by atomic mass is 10.1. The maximum atomic E-state index is 12.6. The van der Waals surface area contributed by atoms with Crippen LogP contribution in [0.25, 0.3) is 0 Å². The molecule has 0 unspecified atom stereocenters. The fraction of sp³-hybridized carbons (Fsp3) is 0.316. The van der Waals surface area contributed by atoms with Gasteiger partial charge in [-0.3, -0.25) is 0 Å². The first-order valence-electron chi connectivity index (χ1n) is 8.75. The second kappa shape index (κ2) is 9.09. The van der Waals surface area contributed by atoms with Gasteiger partial charge in [0.25, 0.3) is 0 Å². The monoisotopic (exact) mass is 441 g/mol. The molecule has 0 aromatic heterocycles. The molecule has 2 aromatic rings. The van der Waals surface area contributed by atoms with Crippen molar-refractivity contribution in [3.63, 3.8) is 0 Å². The van der Waals surface area contributed by atoms with E-state index in [0.29, 0.717) is 43.5 Å². The van der Waals surface area contributed by atoms with Crippen LogP contribution in [-0.4, -0.2) is 51.2 Å². The number of ether oxygens (including phenoxy) is 2. The molecule has 28 heavy (non-hydrogen) atoms. The minimum absolute atomic E-state index is 0.0291. The standard InChI is InChI=1S/C19H20ClNO5S2/c1-2-25-17-13-14(19(27)21-8-10-24-11-9-21)12-16(20)18(17)26-28(22,23)15-6-4-3-5-7-15/h3-7,12-13H,2,8-11H2,1H3. The lowest BCUT2D eigenvalue weighted by Crippen LogP contribution is -2.40. The molecule has 6 nitrogen and oxygen atoms in total. The summed E-state index contributed by atoms with van der Waals surface area (Å²) in [7, 11) is -4.05. The molecule has 0 bridgehead atoms. The molecule has 0 aliphatic carbocycles. The van der Waals surface area contributed by atoms with E-state index in [-0.39, 0.29) is 21.4 Å². The van der Waals surface area contributed by atoms with Crippen molar-refractivity contribution >= 4 is 38.9 Å². The average molecular weight is 442 g/mol. The fourth-order valence-electron chi connectivity index (χ4n) is 2.73. The molecule has 1 aliphatic heterocycles. The SMILES string of the molecule is CCOc1cc(C(=S)N2CCOCC2)cc(Cl)c1OS(=O)(=O)c1ccccc1. The van der Waals surface area contributed by atoms with Crippen LogP contribution >= 0.6 is 23.8 Å². The number of thiocarbonyl (C=S) groups is 1. The number of morpholine rings is 1. The van der Waals surface area contributed by atoms with Crippen molar-refractivity contribution in [2.75, 3.05) is 32.9 Å². The predicted molar refractivity (Wildman–Crippen MR) is 111 cm³/mol. The van der Waals surface area contributed by atoms with Crippen LogP contribution in [0.5, 0.6) is 11.5 Å². The zero-order valence-electron chi connectivity index (χ0n) is 15.3. The minimum Gasteiger partial charge on any atom is -0.490 e. The highest BCUT2D eigenvalue weighted by molar-refractivity contribution is 7.87. The van der Waals surface area contributed by atoms with Gasteiger partial charge in [0.2, 0.25) is 5.75 Å². The topological polar surface area (TPSA) is 65.1 Å². The summed E-state index contributed by atoms with van der Waals surface area (Å²) in [4.78, 5) is 2.65. The van der Waals surface area contributed by atoms with Gasteiger partial charge in [0.05, 0.1) is 24.8 Å². The van der Waals surface area contributed by atoms with Crippen molar-refractivity contribution < 1.29 is 22.1 Å². The number of hydrogen-bond acceptors (Lipinski definition) is 6. The lowest BCUT2D eigenvalue weighted by Gasteiger charge is -2.29. The van der Waals surface area contributed by atoms with Gasteiger partial charge in [0.1, 0.15) is 9.88 Å². The molecule has 0 atom stereocenters. The molecule has 0 spiro atoms. The largest absolute Gasteiger partial charge is 0.490 e. The lowest BCUT2D eigenvalue weighted by molar-refractivity contribution is 0.0693. The van der Waals surface area contributed by atoms with Crippen LogP contribution in [0.3, 0.4) is 0 Å². The van der Waals surface area contributed by atoms with Crippen molar-refractivity contribution in [1.82, 2.24) is 4.90 Å². The van der Waals surface area contributed by atoms with Crippen LogP contribution in [0, 0.1) is 0 Å². The zero-order valence-corrected chi connectivity index (χ0v) is 17.6. The van der Waals surface area contributed by atoms with Crippen LogP contribution in [0.15, 0.2) is 47.4 Å². The molecule has 0 saturated carbocycles. The first-order chi connectivity index (χ1) is 13.4. The van der Waals surface area contributed by atoms with Gasteiger partial charge in [-0.15, -0.1) is 0 Å². The van der Waals surface area contributed by atoms with Crippen LogP contribution in [0.2, 0.25) is 5.02 Å². The first-order valence-corrected chi connectivity index (χ1v) is 10.9. The van der Waals surface area contributed by atoms with Gasteiger partial charge in [-0.1, -0.05) is 42.0 Å². The van der Waals surface area contributed by atoms with E-state index in [1.807, 2.05) is 4.90 Å². The van der Waals surface area contributed by atoms with Gasteiger partial charge in [-0.25, -0.2) is 0 Å². The smallest absolute Gasteiger partial charge is 0.339 e. The fourth-order valence-corrected chi connectivity index (χ4v) is 4.30. The molecular weight excluding hydrogens is 422 g/mol. The molecule has 1 fully saturated rings. The number of rotatable bonds is 6. The average Bonchev–Trinajstić information content (AvgIpc) is 2.71. The highest BCUT2D eigenvalue weighted by Crippen LogP contribution is 2.39. The Balaban J connectivity index is 1.94. The zero-order chi connectivity index (χ0) is 20.1. The van der Waals surface area contributed by atoms with E-state index < -0.39 is 10.1 Å². The van der Waals surface area contributed by atoms with Crippen molar-refractivity contribution in [2.24, 2.45) is 0 Å². The molecular formula is C19H20ClNO5S2. The maximum Gasteiger partial charge on any atom is 0.339 e. The normalized spacial score (nSPS) is 14.6. The molecule has 0 amide bonds. The third kappa shape index (κ3) is 4.75. The van der Waals surface area contributed by atoms with Gasteiger partial charge in [0.15, 0.2) is 5.75 Å². The Hall–Kier alpha value is -1.87. The van der Waals surface area contributed by atoms with Gasteiger partial charge < -0.3 is 18.6 Å². The number of halogens is 1. The van der Waals surface area contributed by atoms with Crippen LogP contribution < -0.4 is 8.92 Å². The van der Waals surface area contributed by atoms with Crippen LogP contribution in [0.1, 0.15) is 12.5 Å². The summed E-state index contributed by atoms with van der Waals surface area (Å²) < 4.78 is 41.5. The maximum absolute atomic E-state index is 12.6. The molecule has 1 saturated heterocycles. The molecule has 0 radical (unpaired) electrons. The summed E-state index contributed by atoms with van der Waals surface area (Å²) in [5, 5.41) is 0.107. The summed E-state index contributed by atoms with van der Waals surface area (Å²) in [5.41, 5.74) is 0.662. The first kappa shape index (κ1) is 20.9. The highest BCUT2D eigenvalue weighted by atomic mass is 35.5. The van der Waals surface area contributed by atoms with Gasteiger partial charge in [0, 0.05) is 18.7 Å². The number of nitrogens with zero attached hydrogens (tertiary/aromatic N) is 1. The molecule has 3 rings (SSSR count). The Bertz CT molecular complexity index is 944. The van der Waals surface area contributed by atoms with E-state index in [1.54, 1.807) is 37.3 Å². The Morgan fingerprint density at radius 3 is 2.54 bits per heavy atom. The molecule has 1 aliphatic rings. The highest BCUT2D eigenvalue weighted by Gasteiger charge is 2.24. The number of benzene rings is 2. The molecule has 9 heteroatoms. The summed E-state index contributed by atoms with van der Waals surface area (Å²) in [5.74, 6) is 0.168. The van der Waals surface area contributed by atoms with Crippen molar-refractivity contribution in [2.45, 2.75) is 11.8 Å². The van der Waals surface area contributed by atoms with Gasteiger partial charge in [-0.2, -0.15) is 8.42 Å². The van der Waals surface area contributed by atoms with E-state index in [0.717, 1.165) is 0 Å². The Morgan fingerprint density at radius 1 is 1.21 bits per heavy atom. The molecule has 150 valence electrons. The van der Waals surface area contributed by atoms with E-state index >= 15 is 0 Å². The van der Waals surface area contributed by atoms with Crippen molar-refractivity contribution in [1.29, 1.82) is 0 Å². The van der Waals surface area contributed by atoms with E-state index in [9.17, 15) is 8.42 Å². The second-order valence-corrected chi connectivity index (χ2v) is 8.31. The van der Waals surface area contributed by atoms with E-state index in [1.165, 1.54) is 12.1 Å². The van der Waals surface area contributed by atoms with Crippen LogP contribution in [-0.2, 0) is 14.9 Å². The molecule has 1 heterocycles. The van der Waals surface area contributed by atoms with Gasteiger partial charge >= 0.3 is 10.1 Å². The predicted octanol–water partition coefficient (Wildman–Crippen LogP) is 3.51. The van der Waals surface area contributed by atoms with E-state index in [2.05, 4.69) is 0 Å². The third-order valence-electron chi connectivity index (χ3n) is 4.08. The quantitative estimate of drug-likeness (QED) is 0.502. The van der Waals surface area contributed by atoms with Crippen molar-refractivity contribution in [3.05, 3.63) is 53.1 Å². The number of hydrogen-bond donors (Lipinski definition) is 0. The summed E-state index contributed by atoms with van der Waals surface area (Å²) >= 11 is 11.9. The molecule has 0 N–H and O–H groups in total. The van der Waals surface area contributed by atoms with Gasteiger partial charge in [-0.05, 0) is 31.2 Å². The van der Waals surface area contributed by atoms with Crippen LogP contribution in [0.4, 0.5) is 0 Å². The Kier molecular flexibility index (Phi) is 6.77. The second-order valence-electron chi connectivity index (χ2n) is 5.97. The summed E-state index contributed by atoms with van der Waals surface area (Å²) in [6.45, 7) is 4.66.